The van der Waals surface area contributed by atoms with Crippen molar-refractivity contribution in [1.82, 2.24) is 0 Å². The van der Waals surface area contributed by atoms with Gasteiger partial charge in [-0.25, -0.2) is 13.6 Å². The molecule has 0 N–H and O–H groups in total. The summed E-state index contributed by atoms with van der Waals surface area (Å²) in [7, 11) is 0. The largest absolute Gasteiger partial charge is 0.519 e. The second-order valence-corrected chi connectivity index (χ2v) is 6.87. The standard InChI is InChI=1S/C25H14F2O3/c26-18-10-8-16-12-17-9-11-19(27)14-22(17)24(21(16)13-18)30-25(28)29-23-7-3-5-15-4-1-2-6-20(15)23/h1-14H. The molecule has 0 fully saturated rings. The van der Waals surface area contributed by atoms with Crippen molar-refractivity contribution in [2.24, 2.45) is 0 Å². The SMILES string of the molecule is O=C(Oc1cccc2ccccc12)Oc1c2cc(F)ccc2cc2ccc(F)cc12. The molecule has 0 atom stereocenters. The third kappa shape index (κ3) is 3.20. The first-order chi connectivity index (χ1) is 14.6. The highest BCUT2D eigenvalue weighted by Gasteiger charge is 2.17. The van der Waals surface area contributed by atoms with Crippen LogP contribution in [-0.2, 0) is 0 Å². The van der Waals surface area contributed by atoms with Crippen LogP contribution in [0.4, 0.5) is 13.6 Å². The van der Waals surface area contributed by atoms with Crippen molar-refractivity contribution in [3.63, 3.8) is 0 Å². The molecule has 0 saturated heterocycles. The van der Waals surface area contributed by atoms with Gasteiger partial charge in [-0.05, 0) is 52.6 Å². The highest BCUT2D eigenvalue weighted by Crippen LogP contribution is 2.36. The Hall–Kier alpha value is -3.99. The Morgan fingerprint density at radius 2 is 1.23 bits per heavy atom. The van der Waals surface area contributed by atoms with Gasteiger partial charge in [0.2, 0.25) is 0 Å². The van der Waals surface area contributed by atoms with Crippen molar-refractivity contribution in [3.8, 4) is 11.5 Å². The minimum atomic E-state index is -0.992. The number of carbonyl (C=O) groups is 1. The average molecular weight is 400 g/mol. The van der Waals surface area contributed by atoms with Crippen LogP contribution in [0.15, 0.2) is 84.9 Å². The molecule has 0 amide bonds. The molecule has 5 rings (SSSR count). The molecule has 0 aliphatic rings. The normalized spacial score (nSPS) is 11.1. The lowest BCUT2D eigenvalue weighted by atomic mass is 10.0. The minimum absolute atomic E-state index is 0.0479. The summed E-state index contributed by atoms with van der Waals surface area (Å²) in [5, 5.41) is 3.66. The van der Waals surface area contributed by atoms with E-state index in [0.29, 0.717) is 27.3 Å². The van der Waals surface area contributed by atoms with Crippen LogP contribution in [0, 0.1) is 11.6 Å². The van der Waals surface area contributed by atoms with E-state index in [1.165, 1.54) is 24.3 Å². The van der Waals surface area contributed by atoms with Crippen LogP contribution in [0.3, 0.4) is 0 Å². The topological polar surface area (TPSA) is 35.5 Å². The fourth-order valence-corrected chi connectivity index (χ4v) is 3.60. The van der Waals surface area contributed by atoms with Gasteiger partial charge < -0.3 is 9.47 Å². The van der Waals surface area contributed by atoms with E-state index < -0.39 is 17.8 Å². The van der Waals surface area contributed by atoms with Gasteiger partial charge in [0.15, 0.2) is 0 Å². The number of rotatable bonds is 2. The first-order valence-electron chi connectivity index (χ1n) is 9.27. The number of halogens is 2. The summed E-state index contributed by atoms with van der Waals surface area (Å²) >= 11 is 0. The van der Waals surface area contributed by atoms with Crippen molar-refractivity contribution in [2.75, 3.05) is 0 Å². The molecule has 0 unspecified atom stereocenters. The summed E-state index contributed by atoms with van der Waals surface area (Å²) < 4.78 is 38.8. The highest BCUT2D eigenvalue weighted by atomic mass is 19.1. The van der Waals surface area contributed by atoms with Crippen molar-refractivity contribution in [1.29, 1.82) is 0 Å². The Morgan fingerprint density at radius 3 is 1.93 bits per heavy atom. The fraction of sp³-hybridized carbons (Fsp3) is 0. The van der Waals surface area contributed by atoms with Gasteiger partial charge in [-0.1, -0.05) is 48.5 Å². The van der Waals surface area contributed by atoms with Gasteiger partial charge in [0.1, 0.15) is 23.1 Å². The van der Waals surface area contributed by atoms with Gasteiger partial charge in [0.25, 0.3) is 0 Å². The molecule has 0 aliphatic carbocycles. The van der Waals surface area contributed by atoms with Crippen LogP contribution in [0.25, 0.3) is 32.3 Å². The summed E-state index contributed by atoms with van der Waals surface area (Å²) in [4.78, 5) is 12.7. The Morgan fingerprint density at radius 1 is 0.600 bits per heavy atom. The lowest BCUT2D eigenvalue weighted by Crippen LogP contribution is -2.14. The van der Waals surface area contributed by atoms with Gasteiger partial charge in [-0.15, -0.1) is 0 Å². The van der Waals surface area contributed by atoms with Crippen molar-refractivity contribution >= 4 is 38.5 Å². The maximum Gasteiger partial charge on any atom is 0.519 e. The van der Waals surface area contributed by atoms with E-state index in [0.717, 1.165) is 10.8 Å². The molecule has 0 spiro atoms. The molecule has 5 aromatic rings. The van der Waals surface area contributed by atoms with Crippen LogP contribution in [0.5, 0.6) is 11.5 Å². The molecule has 5 aromatic carbocycles. The van der Waals surface area contributed by atoms with Crippen LogP contribution >= 0.6 is 0 Å². The summed E-state index contributed by atoms with van der Waals surface area (Å²) in [6.07, 6.45) is -0.992. The van der Waals surface area contributed by atoms with Gasteiger partial charge in [0.05, 0.1) is 0 Å². The van der Waals surface area contributed by atoms with Gasteiger partial charge in [0, 0.05) is 16.2 Å². The predicted octanol–water partition coefficient (Wildman–Crippen LogP) is 7.00. The third-order valence-electron chi connectivity index (χ3n) is 4.96. The van der Waals surface area contributed by atoms with Crippen molar-refractivity contribution in [3.05, 3.63) is 96.6 Å². The number of hydrogen-bond acceptors (Lipinski definition) is 3. The smallest absolute Gasteiger partial charge is 0.394 e. The first kappa shape index (κ1) is 18.1. The molecule has 0 saturated carbocycles. The Bertz CT molecular complexity index is 1380. The monoisotopic (exact) mass is 400 g/mol. The maximum absolute atomic E-state index is 13.9. The summed E-state index contributed by atoms with van der Waals surface area (Å²) in [5.74, 6) is -0.609. The molecule has 146 valence electrons. The van der Waals surface area contributed by atoms with Crippen LogP contribution in [-0.4, -0.2) is 6.16 Å². The van der Waals surface area contributed by atoms with E-state index >= 15 is 0 Å². The summed E-state index contributed by atoms with van der Waals surface area (Å²) in [6, 6.07) is 22.9. The summed E-state index contributed by atoms with van der Waals surface area (Å²) in [5.41, 5.74) is 0. The number of hydrogen-bond donors (Lipinski definition) is 0. The molecule has 0 aliphatic heterocycles. The Labute approximate surface area is 170 Å². The number of fused-ring (bicyclic) bond motifs is 3. The molecular formula is C25H14F2O3. The predicted molar refractivity (Wildman–Crippen MR) is 112 cm³/mol. The van der Waals surface area contributed by atoms with E-state index in [1.807, 2.05) is 30.3 Å². The van der Waals surface area contributed by atoms with Crippen molar-refractivity contribution < 1.29 is 23.0 Å². The quantitative estimate of drug-likeness (QED) is 0.182. The van der Waals surface area contributed by atoms with Crippen LogP contribution in [0.2, 0.25) is 0 Å². The number of carbonyl (C=O) groups excluding carboxylic acids is 1. The van der Waals surface area contributed by atoms with Gasteiger partial charge in [-0.2, -0.15) is 0 Å². The zero-order valence-electron chi connectivity index (χ0n) is 15.6. The van der Waals surface area contributed by atoms with Crippen LogP contribution in [0.1, 0.15) is 0 Å². The Kier molecular flexibility index (Phi) is 4.29. The van der Waals surface area contributed by atoms with E-state index in [4.69, 9.17) is 9.47 Å². The molecule has 30 heavy (non-hydrogen) atoms. The second-order valence-electron chi connectivity index (χ2n) is 6.87. The van der Waals surface area contributed by atoms with Crippen LogP contribution < -0.4 is 9.47 Å². The number of ether oxygens (including phenoxy) is 2. The lowest BCUT2D eigenvalue weighted by Gasteiger charge is -2.13. The molecule has 0 aromatic heterocycles. The molecule has 0 radical (unpaired) electrons. The molecule has 0 bridgehead atoms. The van der Waals surface area contributed by atoms with Gasteiger partial charge >= 0.3 is 6.16 Å². The van der Waals surface area contributed by atoms with Gasteiger partial charge in [-0.3, -0.25) is 0 Å². The molecule has 3 nitrogen and oxygen atoms in total. The maximum atomic E-state index is 13.9. The van der Waals surface area contributed by atoms with E-state index in [9.17, 15) is 13.6 Å². The van der Waals surface area contributed by atoms with E-state index in [-0.39, 0.29) is 5.75 Å². The molecular weight excluding hydrogens is 386 g/mol. The van der Waals surface area contributed by atoms with Crippen molar-refractivity contribution in [2.45, 2.75) is 0 Å². The third-order valence-corrected chi connectivity index (χ3v) is 4.96. The first-order valence-corrected chi connectivity index (χ1v) is 9.27. The van der Waals surface area contributed by atoms with E-state index in [2.05, 4.69) is 0 Å². The molecule has 0 heterocycles. The minimum Gasteiger partial charge on any atom is -0.394 e. The zero-order chi connectivity index (χ0) is 20.7. The van der Waals surface area contributed by atoms with E-state index in [1.54, 1.807) is 30.3 Å². The molecule has 5 heteroatoms. The fourth-order valence-electron chi connectivity index (χ4n) is 3.60. The zero-order valence-corrected chi connectivity index (χ0v) is 15.6. The second kappa shape index (κ2) is 7.12. The summed E-state index contributed by atoms with van der Waals surface area (Å²) in [6.45, 7) is 0. The number of benzene rings is 5. The average Bonchev–Trinajstić information content (AvgIpc) is 2.74. The lowest BCUT2D eigenvalue weighted by molar-refractivity contribution is 0.153. The Balaban J connectivity index is 1.60. The highest BCUT2D eigenvalue weighted by molar-refractivity contribution is 6.06.